The summed E-state index contributed by atoms with van der Waals surface area (Å²) in [4.78, 5) is 0. The monoisotopic (exact) mass is 430 g/mol. The van der Waals surface area contributed by atoms with Crippen LogP contribution in [-0.4, -0.2) is 5.11 Å². The zero-order valence-electron chi connectivity index (χ0n) is 21.6. The van der Waals surface area contributed by atoms with Gasteiger partial charge >= 0.3 is 0 Å². The first kappa shape index (κ1) is 28.1. The molecule has 0 fully saturated rings. The van der Waals surface area contributed by atoms with Gasteiger partial charge in [-0.1, -0.05) is 143 Å². The molecule has 0 aliphatic heterocycles. The molecule has 1 rings (SSSR count). The highest BCUT2D eigenvalue weighted by atomic mass is 16.3. The number of phenols is 1. The number of rotatable bonds is 20. The van der Waals surface area contributed by atoms with Gasteiger partial charge in [-0.3, -0.25) is 0 Å². The van der Waals surface area contributed by atoms with Crippen LogP contribution in [0.1, 0.15) is 166 Å². The summed E-state index contributed by atoms with van der Waals surface area (Å²) in [5.41, 5.74) is 2.58. The maximum Gasteiger partial charge on any atom is 0.119 e. The lowest BCUT2D eigenvalue weighted by Gasteiger charge is -2.18. The van der Waals surface area contributed by atoms with Crippen molar-refractivity contribution in [3.05, 3.63) is 29.3 Å². The Balaban J connectivity index is 2.30. The first-order valence-electron chi connectivity index (χ1n) is 13.9. The molecule has 0 aliphatic rings. The first-order chi connectivity index (χ1) is 15.1. The van der Waals surface area contributed by atoms with Crippen molar-refractivity contribution in [2.24, 2.45) is 0 Å². The van der Waals surface area contributed by atoms with E-state index in [1.807, 2.05) is 6.07 Å². The Morgan fingerprint density at radius 1 is 0.581 bits per heavy atom. The average Bonchev–Trinajstić information content (AvgIpc) is 2.77. The fraction of sp³-hybridized carbons (Fsp3) is 0.800. The Kier molecular flexibility index (Phi) is 16.8. The molecule has 0 saturated heterocycles. The summed E-state index contributed by atoms with van der Waals surface area (Å²) in [6.07, 6.45) is 24.5. The van der Waals surface area contributed by atoms with Gasteiger partial charge in [-0.2, -0.15) is 0 Å². The molecule has 0 spiro atoms. The Hall–Kier alpha value is -0.980. The van der Waals surface area contributed by atoms with E-state index < -0.39 is 0 Å². The van der Waals surface area contributed by atoms with Gasteiger partial charge in [0.1, 0.15) is 5.75 Å². The second-order valence-electron chi connectivity index (χ2n) is 10.1. The predicted octanol–water partition coefficient (Wildman–Crippen LogP) is 10.7. The average molecular weight is 431 g/mol. The van der Waals surface area contributed by atoms with Gasteiger partial charge in [0.25, 0.3) is 0 Å². The number of hydrogen-bond acceptors (Lipinski definition) is 1. The molecule has 31 heavy (non-hydrogen) atoms. The summed E-state index contributed by atoms with van der Waals surface area (Å²) in [5.74, 6) is 1.54. The van der Waals surface area contributed by atoms with Crippen LogP contribution in [0.3, 0.4) is 0 Å². The van der Waals surface area contributed by atoms with Crippen LogP contribution in [0.5, 0.6) is 5.75 Å². The highest BCUT2D eigenvalue weighted by molar-refractivity contribution is 5.39. The third-order valence-electron chi connectivity index (χ3n) is 7.13. The third kappa shape index (κ3) is 13.2. The molecule has 0 bridgehead atoms. The van der Waals surface area contributed by atoms with E-state index in [9.17, 15) is 5.11 Å². The molecule has 2 atom stereocenters. The van der Waals surface area contributed by atoms with Gasteiger partial charge in [-0.15, -0.1) is 0 Å². The van der Waals surface area contributed by atoms with E-state index in [4.69, 9.17) is 0 Å². The molecule has 0 radical (unpaired) electrons. The van der Waals surface area contributed by atoms with Gasteiger partial charge in [0.2, 0.25) is 0 Å². The van der Waals surface area contributed by atoms with Crippen LogP contribution in [0.2, 0.25) is 0 Å². The number of hydrogen-bond donors (Lipinski definition) is 1. The Morgan fingerprint density at radius 3 is 1.48 bits per heavy atom. The minimum absolute atomic E-state index is 0.454. The maximum absolute atomic E-state index is 10.4. The van der Waals surface area contributed by atoms with E-state index in [-0.39, 0.29) is 0 Å². The van der Waals surface area contributed by atoms with Crippen LogP contribution in [0.25, 0.3) is 0 Å². The van der Waals surface area contributed by atoms with Gasteiger partial charge in [-0.25, -0.2) is 0 Å². The van der Waals surface area contributed by atoms with Crippen LogP contribution in [0.4, 0.5) is 0 Å². The molecule has 1 heteroatoms. The van der Waals surface area contributed by atoms with Gasteiger partial charge in [0, 0.05) is 0 Å². The van der Waals surface area contributed by atoms with Crippen molar-refractivity contribution in [1.82, 2.24) is 0 Å². The first-order valence-corrected chi connectivity index (χ1v) is 13.9. The smallest absolute Gasteiger partial charge is 0.119 e. The summed E-state index contributed by atoms with van der Waals surface area (Å²) in [6, 6.07) is 6.40. The molecule has 0 aliphatic carbocycles. The molecule has 2 unspecified atom stereocenters. The quantitative estimate of drug-likeness (QED) is 0.204. The number of benzene rings is 1. The van der Waals surface area contributed by atoms with E-state index in [2.05, 4.69) is 39.8 Å². The van der Waals surface area contributed by atoms with E-state index in [1.54, 1.807) is 0 Å². The highest BCUT2D eigenvalue weighted by Crippen LogP contribution is 2.33. The topological polar surface area (TPSA) is 20.2 Å². The standard InChI is InChI=1S/C30H54O/c1-5-7-9-11-13-15-17-19-21-26(3)28-23-24-30(31)29(25-28)27(4)22-20-18-16-14-12-10-8-6-2/h23-27,31H,5-22H2,1-4H3. The highest BCUT2D eigenvalue weighted by Gasteiger charge is 2.14. The van der Waals surface area contributed by atoms with Crippen molar-refractivity contribution < 1.29 is 5.11 Å². The molecule has 0 aromatic heterocycles. The Labute approximate surface area is 195 Å². The Morgan fingerprint density at radius 2 is 1.00 bits per heavy atom. The fourth-order valence-corrected chi connectivity index (χ4v) is 4.77. The number of unbranched alkanes of at least 4 members (excludes halogenated alkanes) is 14. The van der Waals surface area contributed by atoms with Gasteiger partial charge in [-0.05, 0) is 41.9 Å². The molecule has 180 valence electrons. The van der Waals surface area contributed by atoms with Crippen molar-refractivity contribution in [2.75, 3.05) is 0 Å². The van der Waals surface area contributed by atoms with Crippen LogP contribution < -0.4 is 0 Å². The summed E-state index contributed by atoms with van der Waals surface area (Å²) in [5, 5.41) is 10.4. The van der Waals surface area contributed by atoms with Crippen molar-refractivity contribution in [3.63, 3.8) is 0 Å². The van der Waals surface area contributed by atoms with Gasteiger partial charge in [0.05, 0.1) is 0 Å². The maximum atomic E-state index is 10.4. The lowest BCUT2D eigenvalue weighted by Crippen LogP contribution is -1.99. The van der Waals surface area contributed by atoms with E-state index in [0.717, 1.165) is 0 Å². The SMILES string of the molecule is CCCCCCCCCCC(C)c1ccc(O)c(C(C)CCCCCCCCCC)c1. The van der Waals surface area contributed by atoms with E-state index >= 15 is 0 Å². The van der Waals surface area contributed by atoms with Crippen LogP contribution >= 0.6 is 0 Å². The fourth-order valence-electron chi connectivity index (χ4n) is 4.77. The Bertz CT molecular complexity index is 535. The molecular formula is C30H54O. The van der Waals surface area contributed by atoms with E-state index in [0.29, 0.717) is 17.6 Å². The van der Waals surface area contributed by atoms with Crippen LogP contribution in [0.15, 0.2) is 18.2 Å². The zero-order valence-corrected chi connectivity index (χ0v) is 21.6. The molecule has 0 amide bonds. The molecule has 1 aromatic rings. The number of aromatic hydroxyl groups is 1. The van der Waals surface area contributed by atoms with Crippen LogP contribution in [-0.2, 0) is 0 Å². The molecule has 0 heterocycles. The summed E-state index contributed by atoms with van der Waals surface area (Å²) in [7, 11) is 0. The minimum atomic E-state index is 0.454. The lowest BCUT2D eigenvalue weighted by molar-refractivity contribution is 0.456. The normalized spacial score (nSPS) is 13.4. The molecule has 1 aromatic carbocycles. The molecule has 1 nitrogen and oxygen atoms in total. The predicted molar refractivity (Wildman–Crippen MR) is 139 cm³/mol. The second-order valence-corrected chi connectivity index (χ2v) is 10.1. The lowest BCUT2D eigenvalue weighted by atomic mass is 9.88. The molecule has 0 saturated carbocycles. The van der Waals surface area contributed by atoms with Gasteiger partial charge < -0.3 is 5.11 Å². The largest absolute Gasteiger partial charge is 0.508 e. The third-order valence-corrected chi connectivity index (χ3v) is 7.13. The summed E-state index contributed by atoms with van der Waals surface area (Å²) >= 11 is 0. The van der Waals surface area contributed by atoms with Gasteiger partial charge in [0.15, 0.2) is 0 Å². The van der Waals surface area contributed by atoms with Crippen molar-refractivity contribution in [3.8, 4) is 5.75 Å². The molecular weight excluding hydrogens is 376 g/mol. The summed E-state index contributed by atoms with van der Waals surface area (Å²) in [6.45, 7) is 9.22. The van der Waals surface area contributed by atoms with Crippen molar-refractivity contribution in [2.45, 2.75) is 155 Å². The molecule has 1 N–H and O–H groups in total. The van der Waals surface area contributed by atoms with E-state index in [1.165, 1.54) is 127 Å². The van der Waals surface area contributed by atoms with Crippen molar-refractivity contribution in [1.29, 1.82) is 0 Å². The van der Waals surface area contributed by atoms with Crippen LogP contribution in [0, 0.1) is 0 Å². The second kappa shape index (κ2) is 18.6. The minimum Gasteiger partial charge on any atom is -0.508 e. The number of phenolic OH excluding ortho intramolecular Hbond substituents is 1. The van der Waals surface area contributed by atoms with Crippen molar-refractivity contribution >= 4 is 0 Å². The zero-order chi connectivity index (χ0) is 22.7. The summed E-state index contributed by atoms with van der Waals surface area (Å²) < 4.78 is 0.